The summed E-state index contributed by atoms with van der Waals surface area (Å²) in [5.74, 6) is -0.272. The summed E-state index contributed by atoms with van der Waals surface area (Å²) in [5.41, 5.74) is 0. The molecular weight excluding hydrogens is 254 g/mol. The van der Waals surface area contributed by atoms with Crippen molar-refractivity contribution in [2.75, 3.05) is 32.8 Å². The average Bonchev–Trinajstić information content (AvgIpc) is 2.99. The minimum Gasteiger partial charge on any atom is -0.347 e. The minimum absolute atomic E-state index is 0.272. The Kier molecular flexibility index (Phi) is 3.56. The van der Waals surface area contributed by atoms with Crippen molar-refractivity contribution < 1.29 is 9.47 Å². The van der Waals surface area contributed by atoms with Crippen LogP contribution in [-0.4, -0.2) is 53.3 Å². The van der Waals surface area contributed by atoms with Crippen LogP contribution in [0.25, 0.3) is 0 Å². The van der Waals surface area contributed by atoms with E-state index in [1.807, 2.05) is 10.9 Å². The van der Waals surface area contributed by atoms with Gasteiger partial charge in [-0.05, 0) is 0 Å². The van der Waals surface area contributed by atoms with Crippen LogP contribution in [0.2, 0.25) is 5.02 Å². The Morgan fingerprint density at radius 3 is 2.56 bits per heavy atom. The number of hydrogen-bond donors (Lipinski definition) is 0. The molecular formula is C12H18ClN3O2. The van der Waals surface area contributed by atoms with Crippen LogP contribution in [0.4, 0.5) is 0 Å². The molecule has 3 rings (SSSR count). The van der Waals surface area contributed by atoms with E-state index in [2.05, 4.69) is 10.00 Å². The van der Waals surface area contributed by atoms with Gasteiger partial charge < -0.3 is 14.4 Å². The van der Waals surface area contributed by atoms with Gasteiger partial charge >= 0.3 is 0 Å². The fraction of sp³-hybridized carbons (Fsp3) is 0.750. The molecule has 2 aliphatic heterocycles. The molecule has 100 valence electrons. The monoisotopic (exact) mass is 271 g/mol. The smallest absolute Gasteiger partial charge is 0.170 e. The zero-order valence-corrected chi connectivity index (χ0v) is 11.1. The van der Waals surface area contributed by atoms with E-state index in [4.69, 9.17) is 21.1 Å². The Hall–Kier alpha value is -0.620. The van der Waals surface area contributed by atoms with Gasteiger partial charge in [0.1, 0.15) is 0 Å². The first kappa shape index (κ1) is 12.4. The lowest BCUT2D eigenvalue weighted by Gasteiger charge is -2.37. The second-order valence-corrected chi connectivity index (χ2v) is 5.31. The third kappa shape index (κ3) is 2.69. The molecule has 1 aromatic heterocycles. The largest absolute Gasteiger partial charge is 0.347 e. The predicted octanol–water partition coefficient (Wildman–Crippen LogP) is 1.38. The van der Waals surface area contributed by atoms with E-state index in [9.17, 15) is 0 Å². The van der Waals surface area contributed by atoms with Crippen LogP contribution in [0.15, 0.2) is 12.4 Å². The Morgan fingerprint density at radius 1 is 1.22 bits per heavy atom. The Labute approximate surface area is 112 Å². The van der Waals surface area contributed by atoms with E-state index in [1.54, 1.807) is 6.20 Å². The summed E-state index contributed by atoms with van der Waals surface area (Å²) in [5, 5.41) is 4.87. The summed E-state index contributed by atoms with van der Waals surface area (Å²) in [7, 11) is 0. The van der Waals surface area contributed by atoms with Crippen molar-refractivity contribution in [1.82, 2.24) is 14.7 Å². The van der Waals surface area contributed by atoms with E-state index in [1.165, 1.54) is 0 Å². The van der Waals surface area contributed by atoms with E-state index in [0.717, 1.165) is 52.2 Å². The molecule has 3 heterocycles. The summed E-state index contributed by atoms with van der Waals surface area (Å²) >= 11 is 5.83. The van der Waals surface area contributed by atoms with E-state index < -0.39 is 0 Å². The second kappa shape index (κ2) is 5.17. The summed E-state index contributed by atoms with van der Waals surface area (Å²) in [6.07, 6.45) is 5.46. The maximum absolute atomic E-state index is 5.83. The van der Waals surface area contributed by atoms with Gasteiger partial charge in [0.05, 0.1) is 31.0 Å². The highest BCUT2D eigenvalue weighted by atomic mass is 35.5. The highest BCUT2D eigenvalue weighted by Crippen LogP contribution is 2.31. The normalized spacial score (nSPS) is 23.8. The van der Waals surface area contributed by atoms with Crippen molar-refractivity contribution in [2.45, 2.75) is 25.2 Å². The molecule has 0 radical (unpaired) electrons. The molecule has 0 unspecified atom stereocenters. The van der Waals surface area contributed by atoms with Crippen LogP contribution in [-0.2, 0) is 16.0 Å². The Morgan fingerprint density at radius 2 is 1.94 bits per heavy atom. The molecule has 0 aliphatic carbocycles. The number of likely N-dealkylation sites (tertiary alicyclic amines) is 1. The van der Waals surface area contributed by atoms with Crippen molar-refractivity contribution in [3.05, 3.63) is 17.4 Å². The van der Waals surface area contributed by atoms with Gasteiger partial charge in [0, 0.05) is 38.7 Å². The molecule has 0 N–H and O–H groups in total. The van der Waals surface area contributed by atoms with Crippen LogP contribution in [0.3, 0.4) is 0 Å². The molecule has 1 aromatic rings. The highest BCUT2D eigenvalue weighted by molar-refractivity contribution is 6.30. The van der Waals surface area contributed by atoms with Gasteiger partial charge in [0.2, 0.25) is 0 Å². The maximum Gasteiger partial charge on any atom is 0.170 e. The van der Waals surface area contributed by atoms with Crippen molar-refractivity contribution in [1.29, 1.82) is 0 Å². The first-order valence-corrected chi connectivity index (χ1v) is 6.82. The molecule has 0 saturated carbocycles. The van der Waals surface area contributed by atoms with E-state index >= 15 is 0 Å². The van der Waals surface area contributed by atoms with Crippen molar-refractivity contribution >= 4 is 11.6 Å². The lowest BCUT2D eigenvalue weighted by molar-refractivity contribution is -0.185. The first-order chi connectivity index (χ1) is 8.76. The van der Waals surface area contributed by atoms with Gasteiger partial charge in [-0.25, -0.2) is 0 Å². The Bertz CT molecular complexity index is 394. The van der Waals surface area contributed by atoms with Crippen LogP contribution in [0, 0.1) is 0 Å². The molecule has 1 spiro atoms. The number of hydrogen-bond acceptors (Lipinski definition) is 4. The highest BCUT2D eigenvalue weighted by Gasteiger charge is 2.39. The van der Waals surface area contributed by atoms with E-state index in [-0.39, 0.29) is 5.79 Å². The van der Waals surface area contributed by atoms with Crippen molar-refractivity contribution in [3.63, 3.8) is 0 Å². The fourth-order valence-electron chi connectivity index (χ4n) is 2.61. The van der Waals surface area contributed by atoms with Crippen LogP contribution in [0.5, 0.6) is 0 Å². The van der Waals surface area contributed by atoms with Gasteiger partial charge in [0.25, 0.3) is 0 Å². The van der Waals surface area contributed by atoms with Gasteiger partial charge in [-0.15, -0.1) is 0 Å². The molecule has 0 amide bonds. The van der Waals surface area contributed by atoms with Gasteiger partial charge in [-0.3, -0.25) is 4.68 Å². The molecule has 2 aliphatic rings. The number of ether oxygens (including phenoxy) is 2. The molecule has 6 heteroatoms. The zero-order valence-electron chi connectivity index (χ0n) is 10.3. The number of aromatic nitrogens is 2. The van der Waals surface area contributed by atoms with E-state index in [0.29, 0.717) is 5.02 Å². The topological polar surface area (TPSA) is 39.5 Å². The standard InChI is InChI=1S/C12H18ClN3O2/c13-11-9-14-16(10-11)6-5-15-3-1-12(2-4-15)17-7-8-18-12/h9-10H,1-8H2. The summed E-state index contributed by atoms with van der Waals surface area (Å²) < 4.78 is 13.3. The minimum atomic E-state index is -0.272. The third-order valence-electron chi connectivity index (χ3n) is 3.68. The zero-order chi connectivity index (χ0) is 12.4. The molecule has 0 atom stereocenters. The molecule has 18 heavy (non-hydrogen) atoms. The quantitative estimate of drug-likeness (QED) is 0.833. The van der Waals surface area contributed by atoms with Gasteiger partial charge in [-0.2, -0.15) is 5.10 Å². The number of halogens is 1. The Balaban J connectivity index is 1.45. The SMILES string of the molecule is Clc1cnn(CCN2CCC3(CC2)OCCO3)c1. The second-order valence-electron chi connectivity index (χ2n) is 4.87. The third-order valence-corrected chi connectivity index (χ3v) is 3.87. The fourth-order valence-corrected chi connectivity index (χ4v) is 2.76. The van der Waals surface area contributed by atoms with Crippen LogP contribution < -0.4 is 0 Å². The summed E-state index contributed by atoms with van der Waals surface area (Å²) in [6.45, 7) is 5.40. The number of rotatable bonds is 3. The average molecular weight is 272 g/mol. The molecule has 0 aromatic carbocycles. The predicted molar refractivity (Wildman–Crippen MR) is 67.5 cm³/mol. The van der Waals surface area contributed by atoms with Crippen LogP contribution in [0.1, 0.15) is 12.8 Å². The molecule has 2 fully saturated rings. The van der Waals surface area contributed by atoms with Gasteiger partial charge in [0.15, 0.2) is 5.79 Å². The number of piperidine rings is 1. The molecule has 5 nitrogen and oxygen atoms in total. The van der Waals surface area contributed by atoms with Gasteiger partial charge in [-0.1, -0.05) is 11.6 Å². The number of nitrogens with zero attached hydrogens (tertiary/aromatic N) is 3. The lowest BCUT2D eigenvalue weighted by Crippen LogP contribution is -2.45. The molecule has 0 bridgehead atoms. The molecule has 2 saturated heterocycles. The van der Waals surface area contributed by atoms with Crippen molar-refractivity contribution in [3.8, 4) is 0 Å². The maximum atomic E-state index is 5.83. The summed E-state index contributed by atoms with van der Waals surface area (Å²) in [6, 6.07) is 0. The van der Waals surface area contributed by atoms with Crippen molar-refractivity contribution in [2.24, 2.45) is 0 Å². The van der Waals surface area contributed by atoms with Crippen LogP contribution >= 0.6 is 11.6 Å². The summed E-state index contributed by atoms with van der Waals surface area (Å²) in [4.78, 5) is 2.42. The first-order valence-electron chi connectivity index (χ1n) is 6.44. The lowest BCUT2D eigenvalue weighted by atomic mass is 10.0.